The zero-order valence-corrected chi connectivity index (χ0v) is 7.94. The first-order valence-corrected chi connectivity index (χ1v) is 3.74. The van der Waals surface area contributed by atoms with Gasteiger partial charge in [-0.15, -0.1) is 12.4 Å². The molecule has 1 aromatic heterocycles. The minimum absolute atomic E-state index is 0. The van der Waals surface area contributed by atoms with Crippen molar-refractivity contribution in [3.8, 4) is 0 Å². The number of carbonyl (C=O) groups excluding carboxylic acids is 1. The van der Waals surface area contributed by atoms with E-state index in [1.165, 1.54) is 0 Å². The third-order valence-electron chi connectivity index (χ3n) is 1.33. The van der Waals surface area contributed by atoms with E-state index in [-0.39, 0.29) is 17.6 Å². The molecule has 0 amide bonds. The number of carbonyl (C=O) groups is 1. The number of aromatic nitrogens is 1. The third-order valence-corrected chi connectivity index (χ3v) is 1.52. The lowest BCUT2D eigenvalue weighted by atomic mass is 10.2. The second kappa shape index (κ2) is 5.98. The van der Waals surface area contributed by atoms with Gasteiger partial charge in [0.05, 0.1) is 0 Å². The molecular formula is C8H9Cl2NO. The van der Waals surface area contributed by atoms with Gasteiger partial charge in [0.15, 0.2) is 0 Å². The minimum atomic E-state index is -0.297. The summed E-state index contributed by atoms with van der Waals surface area (Å²) in [5, 5.41) is -0.297. The molecule has 0 saturated heterocycles. The average Bonchev–Trinajstić information content (AvgIpc) is 2.03. The van der Waals surface area contributed by atoms with Gasteiger partial charge >= 0.3 is 0 Å². The van der Waals surface area contributed by atoms with Gasteiger partial charge in [-0.3, -0.25) is 9.78 Å². The molecule has 0 aliphatic rings. The van der Waals surface area contributed by atoms with Crippen LogP contribution in [0.5, 0.6) is 0 Å². The quantitative estimate of drug-likeness (QED) is 0.709. The summed E-state index contributed by atoms with van der Waals surface area (Å²) < 4.78 is 0. The maximum absolute atomic E-state index is 10.4. The van der Waals surface area contributed by atoms with E-state index < -0.39 is 0 Å². The van der Waals surface area contributed by atoms with Crippen LogP contribution in [-0.2, 0) is 11.2 Å². The van der Waals surface area contributed by atoms with Crippen molar-refractivity contribution in [1.82, 2.24) is 4.98 Å². The smallest absolute Gasteiger partial charge is 0.221 e. The summed E-state index contributed by atoms with van der Waals surface area (Å²) in [7, 11) is 0. The van der Waals surface area contributed by atoms with Crippen LogP contribution in [0.4, 0.5) is 0 Å². The average molecular weight is 206 g/mol. The summed E-state index contributed by atoms with van der Waals surface area (Å²) in [6.45, 7) is 0. The van der Waals surface area contributed by atoms with Crippen LogP contribution in [0.25, 0.3) is 0 Å². The Labute approximate surface area is 82.4 Å². The molecule has 0 bridgehead atoms. The van der Waals surface area contributed by atoms with E-state index in [4.69, 9.17) is 11.6 Å². The Morgan fingerprint density at radius 1 is 1.58 bits per heavy atom. The monoisotopic (exact) mass is 205 g/mol. The molecule has 0 aliphatic carbocycles. The highest BCUT2D eigenvalue weighted by Gasteiger charge is 1.96. The molecule has 0 N–H and O–H groups in total. The molecule has 1 heterocycles. The largest absolute Gasteiger partial charge is 0.281 e. The van der Waals surface area contributed by atoms with Gasteiger partial charge in [-0.05, 0) is 29.7 Å². The Kier molecular flexibility index (Phi) is 5.68. The summed E-state index contributed by atoms with van der Waals surface area (Å²) in [6.07, 6.45) is 4.50. The van der Waals surface area contributed by atoms with Crippen molar-refractivity contribution in [2.45, 2.75) is 12.8 Å². The number of aryl methyl sites for hydroxylation is 1. The van der Waals surface area contributed by atoms with Crippen molar-refractivity contribution in [3.05, 3.63) is 30.1 Å². The van der Waals surface area contributed by atoms with E-state index in [9.17, 15) is 4.79 Å². The summed E-state index contributed by atoms with van der Waals surface area (Å²) in [4.78, 5) is 14.3. The van der Waals surface area contributed by atoms with Gasteiger partial charge in [0.25, 0.3) is 0 Å². The number of nitrogens with zero attached hydrogens (tertiary/aromatic N) is 1. The van der Waals surface area contributed by atoms with E-state index in [0.29, 0.717) is 12.8 Å². The second-order valence-electron chi connectivity index (χ2n) is 2.22. The lowest BCUT2D eigenvalue weighted by molar-refractivity contribution is -0.111. The summed E-state index contributed by atoms with van der Waals surface area (Å²) in [5.41, 5.74) is 1.04. The normalized spacial score (nSPS) is 8.75. The molecule has 0 atom stereocenters. The van der Waals surface area contributed by atoms with Crippen molar-refractivity contribution >= 4 is 29.3 Å². The van der Waals surface area contributed by atoms with Crippen LogP contribution in [0, 0.1) is 0 Å². The first-order chi connectivity index (χ1) is 5.29. The van der Waals surface area contributed by atoms with Gasteiger partial charge < -0.3 is 0 Å². The predicted molar refractivity (Wildman–Crippen MR) is 50.7 cm³/mol. The Balaban J connectivity index is 0.00000121. The van der Waals surface area contributed by atoms with Crippen molar-refractivity contribution in [2.24, 2.45) is 0 Å². The molecule has 66 valence electrons. The van der Waals surface area contributed by atoms with Crippen LogP contribution in [-0.4, -0.2) is 10.2 Å². The van der Waals surface area contributed by atoms with Crippen molar-refractivity contribution in [3.63, 3.8) is 0 Å². The molecule has 4 heteroatoms. The van der Waals surface area contributed by atoms with Crippen molar-refractivity contribution in [1.29, 1.82) is 0 Å². The van der Waals surface area contributed by atoms with Crippen LogP contribution in [0.1, 0.15) is 12.0 Å². The lowest BCUT2D eigenvalue weighted by Gasteiger charge is -1.94. The van der Waals surface area contributed by atoms with Crippen molar-refractivity contribution in [2.75, 3.05) is 0 Å². The van der Waals surface area contributed by atoms with Gasteiger partial charge in [0.2, 0.25) is 5.24 Å². The fourth-order valence-electron chi connectivity index (χ4n) is 0.789. The highest BCUT2D eigenvalue weighted by molar-refractivity contribution is 6.63. The molecule has 0 radical (unpaired) electrons. The van der Waals surface area contributed by atoms with E-state index in [1.54, 1.807) is 12.4 Å². The molecule has 0 saturated carbocycles. The first-order valence-electron chi connectivity index (χ1n) is 3.36. The highest BCUT2D eigenvalue weighted by atomic mass is 35.5. The fourth-order valence-corrected chi connectivity index (χ4v) is 0.883. The molecule has 0 aliphatic heterocycles. The molecule has 1 rings (SSSR count). The van der Waals surface area contributed by atoms with Gasteiger partial charge in [0, 0.05) is 18.8 Å². The Morgan fingerprint density at radius 3 is 2.83 bits per heavy atom. The Hall–Kier alpha value is -0.600. The van der Waals surface area contributed by atoms with Gasteiger partial charge in [-0.2, -0.15) is 0 Å². The van der Waals surface area contributed by atoms with Crippen LogP contribution in [0.2, 0.25) is 0 Å². The summed E-state index contributed by atoms with van der Waals surface area (Å²) in [5.74, 6) is 0. The van der Waals surface area contributed by atoms with E-state index >= 15 is 0 Å². The predicted octanol–water partition coefficient (Wildman–Crippen LogP) is 2.20. The maximum Gasteiger partial charge on any atom is 0.221 e. The number of hydrogen-bond acceptors (Lipinski definition) is 2. The van der Waals surface area contributed by atoms with Crippen LogP contribution in [0.15, 0.2) is 24.5 Å². The first kappa shape index (κ1) is 11.4. The SMILES string of the molecule is Cl.O=C(Cl)CCc1cccnc1. The van der Waals surface area contributed by atoms with Gasteiger partial charge in [0.1, 0.15) is 0 Å². The number of rotatable bonds is 3. The van der Waals surface area contributed by atoms with Crippen LogP contribution >= 0.6 is 24.0 Å². The molecule has 1 aromatic rings. The number of pyridine rings is 1. The highest BCUT2D eigenvalue weighted by Crippen LogP contribution is 2.01. The summed E-state index contributed by atoms with van der Waals surface area (Å²) >= 11 is 5.17. The molecule has 2 nitrogen and oxygen atoms in total. The van der Waals surface area contributed by atoms with E-state index in [2.05, 4.69) is 4.98 Å². The minimum Gasteiger partial charge on any atom is -0.281 e. The van der Waals surface area contributed by atoms with Crippen molar-refractivity contribution < 1.29 is 4.79 Å². The number of halogens is 2. The molecule has 0 aromatic carbocycles. The van der Waals surface area contributed by atoms with Gasteiger partial charge in [-0.25, -0.2) is 0 Å². The Bertz CT molecular complexity index is 238. The topological polar surface area (TPSA) is 30.0 Å². The molecular weight excluding hydrogens is 197 g/mol. The molecule has 0 unspecified atom stereocenters. The summed E-state index contributed by atoms with van der Waals surface area (Å²) in [6, 6.07) is 3.76. The maximum atomic E-state index is 10.4. The molecule has 0 fully saturated rings. The zero-order valence-electron chi connectivity index (χ0n) is 6.37. The Morgan fingerprint density at radius 2 is 2.33 bits per heavy atom. The molecule has 12 heavy (non-hydrogen) atoms. The van der Waals surface area contributed by atoms with Crippen LogP contribution < -0.4 is 0 Å². The standard InChI is InChI=1S/C8H8ClNO.ClH/c9-8(11)4-3-7-2-1-5-10-6-7;/h1-2,5-6H,3-4H2;1H. The fraction of sp³-hybridized carbons (Fsp3) is 0.250. The lowest BCUT2D eigenvalue weighted by Crippen LogP contribution is -1.91. The van der Waals surface area contributed by atoms with Gasteiger partial charge in [-0.1, -0.05) is 6.07 Å². The van der Waals surface area contributed by atoms with E-state index in [0.717, 1.165) is 5.56 Å². The second-order valence-corrected chi connectivity index (χ2v) is 2.64. The zero-order chi connectivity index (χ0) is 8.10. The van der Waals surface area contributed by atoms with Crippen LogP contribution in [0.3, 0.4) is 0 Å². The third kappa shape index (κ3) is 4.31. The molecule has 0 spiro atoms. The van der Waals surface area contributed by atoms with E-state index in [1.807, 2.05) is 12.1 Å². The number of hydrogen-bond donors (Lipinski definition) is 0.